The van der Waals surface area contributed by atoms with Gasteiger partial charge in [0.1, 0.15) is 11.3 Å². The van der Waals surface area contributed by atoms with Gasteiger partial charge < -0.3 is 10.1 Å². The molecule has 2 heterocycles. The van der Waals surface area contributed by atoms with E-state index in [1.54, 1.807) is 38.1 Å². The highest BCUT2D eigenvalue weighted by Gasteiger charge is 2.43. The summed E-state index contributed by atoms with van der Waals surface area (Å²) in [5.74, 6) is -1.12. The van der Waals surface area contributed by atoms with E-state index in [1.807, 2.05) is 0 Å². The summed E-state index contributed by atoms with van der Waals surface area (Å²) in [6.07, 6.45) is -4.80. The van der Waals surface area contributed by atoms with Crippen LogP contribution in [0.1, 0.15) is 13.8 Å². The number of alkyl halides is 3. The number of hydrogen-bond acceptors (Lipinski definition) is 7. The molecule has 0 atom stereocenters. The molecule has 172 valence electrons. The monoisotopic (exact) mass is 478 g/mol. The topological polar surface area (TPSA) is 102 Å². The van der Waals surface area contributed by atoms with E-state index in [4.69, 9.17) is 0 Å². The van der Waals surface area contributed by atoms with Gasteiger partial charge in [0.05, 0.1) is 22.8 Å². The third-order valence-electron chi connectivity index (χ3n) is 4.84. The van der Waals surface area contributed by atoms with Gasteiger partial charge in [-0.1, -0.05) is 23.9 Å². The fraction of sp³-hybridized carbons (Fsp3) is 0.250. The van der Waals surface area contributed by atoms with Crippen molar-refractivity contribution in [3.63, 3.8) is 0 Å². The third kappa shape index (κ3) is 4.62. The molecule has 0 aliphatic carbocycles. The molecule has 33 heavy (non-hydrogen) atoms. The SMILES string of the molecule is CC1(C)C(=O)Nc2ccccc2N1C(=O)CSc1nnnn1-c1ccc(OC(F)(F)F)cc1. The Labute approximate surface area is 189 Å². The molecular weight excluding hydrogens is 461 g/mol. The Morgan fingerprint density at radius 1 is 1.15 bits per heavy atom. The van der Waals surface area contributed by atoms with Gasteiger partial charge in [0.2, 0.25) is 17.0 Å². The van der Waals surface area contributed by atoms with E-state index >= 15 is 0 Å². The maximum absolute atomic E-state index is 13.2. The van der Waals surface area contributed by atoms with E-state index in [1.165, 1.54) is 21.7 Å². The number of anilines is 2. The average Bonchev–Trinajstić information content (AvgIpc) is 3.21. The van der Waals surface area contributed by atoms with Gasteiger partial charge in [-0.05, 0) is 60.7 Å². The minimum Gasteiger partial charge on any atom is -0.406 e. The molecule has 1 aliphatic rings. The van der Waals surface area contributed by atoms with Gasteiger partial charge in [-0.3, -0.25) is 14.5 Å². The first-order valence-electron chi connectivity index (χ1n) is 9.57. The van der Waals surface area contributed by atoms with Gasteiger partial charge in [-0.2, -0.15) is 4.68 Å². The lowest BCUT2D eigenvalue weighted by molar-refractivity contribution is -0.274. The van der Waals surface area contributed by atoms with Crippen LogP contribution in [-0.2, 0) is 9.59 Å². The second kappa shape index (κ2) is 8.39. The van der Waals surface area contributed by atoms with Crippen molar-refractivity contribution in [2.75, 3.05) is 16.0 Å². The first-order chi connectivity index (χ1) is 15.6. The Morgan fingerprint density at radius 2 is 1.85 bits per heavy atom. The smallest absolute Gasteiger partial charge is 0.406 e. The van der Waals surface area contributed by atoms with Crippen LogP contribution >= 0.6 is 11.8 Å². The van der Waals surface area contributed by atoms with Crippen LogP contribution in [0.3, 0.4) is 0 Å². The molecule has 9 nitrogen and oxygen atoms in total. The molecule has 4 rings (SSSR count). The number of rotatable bonds is 5. The van der Waals surface area contributed by atoms with Crippen LogP contribution < -0.4 is 15.0 Å². The standard InChI is InChI=1S/C20H17F3N6O3S/c1-19(2)17(31)24-14-5-3-4-6-15(14)28(19)16(30)11-33-18-25-26-27-29(18)12-7-9-13(10-8-12)32-20(21,22)23/h3-10H,11H2,1-2H3,(H,24,31). The van der Waals surface area contributed by atoms with Crippen LogP contribution in [-0.4, -0.2) is 49.7 Å². The number of nitrogens with one attached hydrogen (secondary N) is 1. The lowest BCUT2D eigenvalue weighted by atomic mass is 9.96. The summed E-state index contributed by atoms with van der Waals surface area (Å²) in [5, 5.41) is 14.4. The summed E-state index contributed by atoms with van der Waals surface area (Å²) < 4.78 is 42.2. The fourth-order valence-electron chi connectivity index (χ4n) is 3.31. The number of halogens is 3. The van der Waals surface area contributed by atoms with E-state index in [0.29, 0.717) is 17.1 Å². The zero-order chi connectivity index (χ0) is 23.8. The number of amides is 2. The summed E-state index contributed by atoms with van der Waals surface area (Å²) in [6, 6.07) is 12.0. The molecule has 13 heteroatoms. The summed E-state index contributed by atoms with van der Waals surface area (Å²) in [7, 11) is 0. The lowest BCUT2D eigenvalue weighted by Crippen LogP contribution is -2.59. The van der Waals surface area contributed by atoms with Crippen molar-refractivity contribution >= 4 is 35.0 Å². The van der Waals surface area contributed by atoms with Crippen LogP contribution in [0.15, 0.2) is 53.7 Å². The number of aromatic nitrogens is 4. The minimum absolute atomic E-state index is 0.0827. The van der Waals surface area contributed by atoms with Crippen molar-refractivity contribution in [3.05, 3.63) is 48.5 Å². The predicted molar refractivity (Wildman–Crippen MR) is 113 cm³/mol. The van der Waals surface area contributed by atoms with Crippen molar-refractivity contribution in [2.45, 2.75) is 30.9 Å². The highest BCUT2D eigenvalue weighted by atomic mass is 32.2. The molecule has 0 fully saturated rings. The van der Waals surface area contributed by atoms with Crippen LogP contribution in [0.4, 0.5) is 24.5 Å². The second-order valence-electron chi connectivity index (χ2n) is 7.46. The van der Waals surface area contributed by atoms with E-state index < -0.39 is 11.9 Å². The van der Waals surface area contributed by atoms with Crippen molar-refractivity contribution in [1.82, 2.24) is 20.2 Å². The van der Waals surface area contributed by atoms with Crippen molar-refractivity contribution in [3.8, 4) is 11.4 Å². The predicted octanol–water partition coefficient (Wildman–Crippen LogP) is 3.42. The van der Waals surface area contributed by atoms with Gasteiger partial charge in [0, 0.05) is 0 Å². The Balaban J connectivity index is 1.52. The second-order valence-corrected chi connectivity index (χ2v) is 8.41. The first-order valence-corrected chi connectivity index (χ1v) is 10.6. The number of benzene rings is 2. The Bertz CT molecular complexity index is 1200. The highest BCUT2D eigenvalue weighted by Crippen LogP contribution is 2.37. The third-order valence-corrected chi connectivity index (χ3v) is 5.74. The fourth-order valence-corrected chi connectivity index (χ4v) is 4.05. The molecule has 1 N–H and O–H groups in total. The molecule has 0 unspecified atom stereocenters. The zero-order valence-corrected chi connectivity index (χ0v) is 18.1. The molecule has 0 bridgehead atoms. The molecular formula is C20H17F3N6O3S. The Hall–Kier alpha value is -3.61. The number of ether oxygens (including phenoxy) is 1. The summed E-state index contributed by atoms with van der Waals surface area (Å²) in [5.41, 5.74) is 0.373. The van der Waals surface area contributed by atoms with Crippen LogP contribution in [0.25, 0.3) is 5.69 Å². The van der Waals surface area contributed by atoms with Gasteiger partial charge in [-0.25, -0.2) is 0 Å². The Kier molecular flexibility index (Phi) is 5.74. The molecule has 0 saturated heterocycles. The number of nitrogens with zero attached hydrogens (tertiary/aromatic N) is 5. The molecule has 0 saturated carbocycles. The molecule has 0 radical (unpaired) electrons. The number of carbonyl (C=O) groups excluding carboxylic acids is 2. The largest absolute Gasteiger partial charge is 0.573 e. The number of carbonyl (C=O) groups is 2. The van der Waals surface area contributed by atoms with E-state index in [0.717, 1.165) is 23.9 Å². The van der Waals surface area contributed by atoms with E-state index in [2.05, 4.69) is 25.6 Å². The minimum atomic E-state index is -4.80. The number of tetrazole rings is 1. The molecule has 3 aromatic rings. The maximum Gasteiger partial charge on any atom is 0.573 e. The highest BCUT2D eigenvalue weighted by molar-refractivity contribution is 7.99. The van der Waals surface area contributed by atoms with Gasteiger partial charge in [0.25, 0.3) is 0 Å². The van der Waals surface area contributed by atoms with Gasteiger partial charge in [-0.15, -0.1) is 18.3 Å². The van der Waals surface area contributed by atoms with Crippen molar-refractivity contribution in [2.24, 2.45) is 0 Å². The Morgan fingerprint density at radius 3 is 2.55 bits per heavy atom. The van der Waals surface area contributed by atoms with Crippen LogP contribution in [0.2, 0.25) is 0 Å². The molecule has 2 amide bonds. The number of fused-ring (bicyclic) bond motifs is 1. The lowest BCUT2D eigenvalue weighted by Gasteiger charge is -2.42. The number of para-hydroxylation sites is 2. The number of thioether (sulfide) groups is 1. The van der Waals surface area contributed by atoms with Crippen LogP contribution in [0.5, 0.6) is 5.75 Å². The average molecular weight is 478 g/mol. The molecule has 1 aromatic heterocycles. The quantitative estimate of drug-likeness (QED) is 0.561. The zero-order valence-electron chi connectivity index (χ0n) is 17.3. The maximum atomic E-state index is 13.2. The van der Waals surface area contributed by atoms with E-state index in [9.17, 15) is 22.8 Å². The summed E-state index contributed by atoms with van der Waals surface area (Å²) in [4.78, 5) is 27.2. The van der Waals surface area contributed by atoms with Gasteiger partial charge in [0.15, 0.2) is 0 Å². The van der Waals surface area contributed by atoms with Crippen molar-refractivity contribution in [1.29, 1.82) is 0 Å². The molecule has 0 spiro atoms. The number of hydrogen-bond donors (Lipinski definition) is 1. The molecule has 2 aromatic carbocycles. The molecule has 1 aliphatic heterocycles. The first kappa shape index (κ1) is 22.6. The normalized spacial score (nSPS) is 15.1. The van der Waals surface area contributed by atoms with Crippen molar-refractivity contribution < 1.29 is 27.5 Å². The van der Waals surface area contributed by atoms with E-state index in [-0.39, 0.29) is 28.5 Å². The van der Waals surface area contributed by atoms with Gasteiger partial charge >= 0.3 is 6.36 Å². The summed E-state index contributed by atoms with van der Waals surface area (Å²) in [6.45, 7) is 3.30. The summed E-state index contributed by atoms with van der Waals surface area (Å²) >= 11 is 1.03. The van der Waals surface area contributed by atoms with Crippen LogP contribution in [0, 0.1) is 0 Å².